The fourth-order valence-corrected chi connectivity index (χ4v) is 3.27. The molecule has 0 bridgehead atoms. The first-order valence-electron chi connectivity index (χ1n) is 8.50. The van der Waals surface area contributed by atoms with Crippen LogP contribution in [0.3, 0.4) is 0 Å². The van der Waals surface area contributed by atoms with Gasteiger partial charge in [-0.15, -0.1) is 0 Å². The van der Waals surface area contributed by atoms with Crippen LogP contribution in [0.1, 0.15) is 52.4 Å². The third kappa shape index (κ3) is 4.05. The fraction of sp³-hybridized carbons (Fsp3) is 0.706. The van der Waals surface area contributed by atoms with Crippen LogP contribution in [0.4, 0.5) is 0 Å². The molecule has 0 fully saturated rings. The second-order valence-corrected chi connectivity index (χ2v) is 6.40. The first-order chi connectivity index (χ1) is 10.2. The highest BCUT2D eigenvalue weighted by Crippen LogP contribution is 2.23. The van der Waals surface area contributed by atoms with E-state index in [0.717, 1.165) is 29.1 Å². The lowest BCUT2D eigenvalue weighted by atomic mass is 10.1. The van der Waals surface area contributed by atoms with Crippen molar-refractivity contribution in [3.05, 3.63) is 29.0 Å². The molecule has 2 rings (SSSR count). The molecule has 1 atom stereocenters. The number of hydrogen-bond acceptors (Lipinski definition) is 3. The molecule has 0 aromatic carbocycles. The van der Waals surface area contributed by atoms with Gasteiger partial charge in [0.15, 0.2) is 6.67 Å². The maximum absolute atomic E-state index is 6.02. The van der Waals surface area contributed by atoms with E-state index in [1.807, 2.05) is 6.20 Å². The zero-order valence-corrected chi connectivity index (χ0v) is 13.7. The molecule has 0 radical (unpaired) electrons. The second kappa shape index (κ2) is 7.58. The quantitative estimate of drug-likeness (QED) is 0.366. The third-order valence-electron chi connectivity index (χ3n) is 4.60. The van der Waals surface area contributed by atoms with E-state index >= 15 is 0 Å². The topological polar surface area (TPSA) is 50.1 Å². The van der Waals surface area contributed by atoms with E-state index in [1.54, 1.807) is 0 Å². The second-order valence-electron chi connectivity index (χ2n) is 6.40. The number of nitrogens with two attached hydrogens (primary N) is 1. The minimum absolute atomic E-state index is 0.739. The van der Waals surface area contributed by atoms with Crippen LogP contribution < -0.4 is 16.4 Å². The van der Waals surface area contributed by atoms with Crippen LogP contribution in [-0.4, -0.2) is 30.8 Å². The summed E-state index contributed by atoms with van der Waals surface area (Å²) < 4.78 is 1.14. The summed E-state index contributed by atoms with van der Waals surface area (Å²) in [6.07, 6.45) is 9.72. The van der Waals surface area contributed by atoms with Crippen molar-refractivity contribution in [2.24, 2.45) is 5.73 Å². The molecular formula is C17H31N4+. The molecule has 0 saturated heterocycles. The molecule has 0 spiro atoms. The molecule has 0 aromatic heterocycles. The lowest BCUT2D eigenvalue weighted by Crippen LogP contribution is -2.60. The van der Waals surface area contributed by atoms with Crippen LogP contribution in [0.5, 0.6) is 0 Å². The minimum atomic E-state index is 0.739. The van der Waals surface area contributed by atoms with Crippen LogP contribution in [-0.2, 0) is 0 Å². The van der Waals surface area contributed by atoms with E-state index in [1.165, 1.54) is 57.3 Å². The molecule has 2 aliphatic rings. The molecule has 1 unspecified atom stereocenters. The minimum Gasteiger partial charge on any atom is -0.391 e. The summed E-state index contributed by atoms with van der Waals surface area (Å²) in [6.45, 7) is 9.12. The Bertz CT molecular complexity index is 446. The Morgan fingerprint density at radius 3 is 2.67 bits per heavy atom. The average molecular weight is 291 g/mol. The smallest absolute Gasteiger partial charge is 0.152 e. The highest BCUT2D eigenvalue weighted by molar-refractivity contribution is 5.35. The van der Waals surface area contributed by atoms with Gasteiger partial charge < -0.3 is 20.9 Å². The van der Waals surface area contributed by atoms with Crippen molar-refractivity contribution < 1.29 is 4.48 Å². The maximum atomic E-state index is 6.02. The van der Waals surface area contributed by atoms with Gasteiger partial charge in [-0.05, 0) is 19.3 Å². The third-order valence-corrected chi connectivity index (χ3v) is 4.60. The number of nitrogens with one attached hydrogen (secondary N) is 2. The Kier molecular flexibility index (Phi) is 5.77. The van der Waals surface area contributed by atoms with E-state index in [0.29, 0.717) is 0 Å². The maximum Gasteiger partial charge on any atom is 0.152 e. The van der Waals surface area contributed by atoms with Crippen LogP contribution in [0.2, 0.25) is 0 Å². The summed E-state index contributed by atoms with van der Waals surface area (Å²) in [5.74, 6) is 0. The van der Waals surface area contributed by atoms with Crippen LogP contribution in [0.15, 0.2) is 29.0 Å². The summed E-state index contributed by atoms with van der Waals surface area (Å²) in [7, 11) is 0. The summed E-state index contributed by atoms with van der Waals surface area (Å²) in [6, 6.07) is 0. The first kappa shape index (κ1) is 16.0. The molecule has 4 N–H and O–H groups in total. The summed E-state index contributed by atoms with van der Waals surface area (Å²) in [4.78, 5) is 0. The van der Waals surface area contributed by atoms with E-state index < -0.39 is 0 Å². The van der Waals surface area contributed by atoms with E-state index in [2.05, 4.69) is 30.2 Å². The molecule has 0 aliphatic carbocycles. The Morgan fingerprint density at radius 1 is 1.14 bits per heavy atom. The Hall–Kier alpha value is -1.38. The highest BCUT2D eigenvalue weighted by atomic mass is 15.4. The Labute approximate surface area is 129 Å². The van der Waals surface area contributed by atoms with Gasteiger partial charge in [-0.2, -0.15) is 0 Å². The van der Waals surface area contributed by atoms with Crippen molar-refractivity contribution >= 4 is 0 Å². The van der Waals surface area contributed by atoms with Crippen molar-refractivity contribution in [2.75, 3.05) is 26.3 Å². The normalized spacial score (nSPS) is 24.2. The molecule has 0 saturated carbocycles. The van der Waals surface area contributed by atoms with Crippen LogP contribution in [0.25, 0.3) is 0 Å². The number of rotatable bonds is 8. The average Bonchev–Trinajstić information content (AvgIpc) is 2.50. The predicted molar refractivity (Wildman–Crippen MR) is 87.9 cm³/mol. The van der Waals surface area contributed by atoms with Crippen LogP contribution in [0, 0.1) is 0 Å². The van der Waals surface area contributed by atoms with E-state index in [9.17, 15) is 0 Å². The zero-order valence-electron chi connectivity index (χ0n) is 13.7. The predicted octanol–water partition coefficient (Wildman–Crippen LogP) is 2.51. The van der Waals surface area contributed by atoms with Crippen molar-refractivity contribution in [1.29, 1.82) is 0 Å². The fourth-order valence-electron chi connectivity index (χ4n) is 3.27. The van der Waals surface area contributed by atoms with Crippen LogP contribution >= 0.6 is 0 Å². The van der Waals surface area contributed by atoms with Crippen molar-refractivity contribution in [2.45, 2.75) is 52.4 Å². The first-order valence-corrected chi connectivity index (χ1v) is 8.50. The molecule has 4 nitrogen and oxygen atoms in total. The molecule has 0 amide bonds. The van der Waals surface area contributed by atoms with Gasteiger partial charge in [0.05, 0.1) is 24.5 Å². The monoisotopic (exact) mass is 291 g/mol. The molecule has 21 heavy (non-hydrogen) atoms. The SMILES string of the molecule is CCCCCC[N+]1(CCCC)CNC2=C(C1)NC=C=C2N. The molecule has 4 heteroatoms. The van der Waals surface area contributed by atoms with Crippen molar-refractivity contribution in [1.82, 2.24) is 10.6 Å². The molecule has 2 aliphatic heterocycles. The molecule has 118 valence electrons. The van der Waals surface area contributed by atoms with Gasteiger partial charge in [0.1, 0.15) is 12.2 Å². The van der Waals surface area contributed by atoms with Gasteiger partial charge in [-0.25, -0.2) is 0 Å². The van der Waals surface area contributed by atoms with E-state index in [-0.39, 0.29) is 0 Å². The van der Waals surface area contributed by atoms with Gasteiger partial charge in [-0.3, -0.25) is 0 Å². The number of unbranched alkanes of at least 4 members (excludes halogenated alkanes) is 4. The number of quaternary nitrogens is 1. The standard InChI is InChI=1S/C17H31N4/c1-3-5-7-8-12-21(11-6-4-2)13-16-17(20-14-21)15(18)9-10-19-16/h10,19-20H,3-8,11-14,18H2,1-2H3/q+1. The van der Waals surface area contributed by atoms with E-state index in [4.69, 9.17) is 5.73 Å². The number of nitrogens with zero attached hydrogens (tertiary/aromatic N) is 1. The van der Waals surface area contributed by atoms with Crippen molar-refractivity contribution in [3.8, 4) is 0 Å². The van der Waals surface area contributed by atoms with Crippen molar-refractivity contribution in [3.63, 3.8) is 0 Å². The molecule has 0 aromatic rings. The molecular weight excluding hydrogens is 260 g/mol. The van der Waals surface area contributed by atoms with Gasteiger partial charge >= 0.3 is 0 Å². The summed E-state index contributed by atoms with van der Waals surface area (Å²) in [5.41, 5.74) is 12.1. The summed E-state index contributed by atoms with van der Waals surface area (Å²) >= 11 is 0. The van der Waals surface area contributed by atoms with Gasteiger partial charge in [-0.1, -0.05) is 38.8 Å². The Balaban J connectivity index is 2.03. The van der Waals surface area contributed by atoms with Gasteiger partial charge in [0.25, 0.3) is 0 Å². The largest absolute Gasteiger partial charge is 0.391 e. The zero-order chi connectivity index (χ0) is 15.1. The Morgan fingerprint density at radius 2 is 1.90 bits per heavy atom. The molecule has 2 heterocycles. The summed E-state index contributed by atoms with van der Waals surface area (Å²) in [5, 5.41) is 6.91. The highest BCUT2D eigenvalue weighted by Gasteiger charge is 2.34. The van der Waals surface area contributed by atoms with Gasteiger partial charge in [0.2, 0.25) is 0 Å². The number of hydrogen-bond donors (Lipinski definition) is 3. The lowest BCUT2D eigenvalue weighted by Gasteiger charge is -2.43. The van der Waals surface area contributed by atoms with Gasteiger partial charge in [0, 0.05) is 6.20 Å². The lowest BCUT2D eigenvalue weighted by molar-refractivity contribution is -0.928.